The molecule has 1 saturated heterocycles. The van der Waals surface area contributed by atoms with Gasteiger partial charge in [0.1, 0.15) is 11.5 Å². The van der Waals surface area contributed by atoms with Crippen LogP contribution in [0.5, 0.6) is 11.5 Å². The Hall–Kier alpha value is -1.95. The molecule has 6 nitrogen and oxygen atoms in total. The maximum atomic E-state index is 12.1. The summed E-state index contributed by atoms with van der Waals surface area (Å²) in [6, 6.07) is 3.17. The molecule has 1 aliphatic rings. The van der Waals surface area contributed by atoms with E-state index < -0.39 is 5.97 Å². The fourth-order valence-corrected chi connectivity index (χ4v) is 2.29. The van der Waals surface area contributed by atoms with Gasteiger partial charge < -0.3 is 24.7 Å². The molecule has 1 heterocycles. The van der Waals surface area contributed by atoms with Gasteiger partial charge in [0.2, 0.25) is 0 Å². The average molecular weight is 295 g/mol. The van der Waals surface area contributed by atoms with Gasteiger partial charge in [0.25, 0.3) is 0 Å². The highest BCUT2D eigenvalue weighted by Gasteiger charge is 2.19. The van der Waals surface area contributed by atoms with Crippen LogP contribution in [-0.4, -0.2) is 39.5 Å². The lowest BCUT2D eigenvalue weighted by Gasteiger charge is -2.13. The van der Waals surface area contributed by atoms with E-state index in [2.05, 4.69) is 0 Å². The molecule has 0 aromatic heterocycles. The Morgan fingerprint density at radius 2 is 2.19 bits per heavy atom. The monoisotopic (exact) mass is 295 g/mol. The summed E-state index contributed by atoms with van der Waals surface area (Å²) in [6.07, 6.45) is 2.98. The van der Waals surface area contributed by atoms with Gasteiger partial charge in [0.15, 0.2) is 0 Å². The summed E-state index contributed by atoms with van der Waals surface area (Å²) in [6.45, 7) is 1.10. The summed E-state index contributed by atoms with van der Waals surface area (Å²) in [5.41, 5.74) is 6.41. The van der Waals surface area contributed by atoms with E-state index in [0.717, 1.165) is 19.4 Å². The highest BCUT2D eigenvalue weighted by Crippen LogP contribution is 2.31. The Morgan fingerprint density at radius 1 is 1.38 bits per heavy atom. The van der Waals surface area contributed by atoms with E-state index in [-0.39, 0.29) is 17.4 Å². The van der Waals surface area contributed by atoms with E-state index >= 15 is 0 Å². The molecule has 21 heavy (non-hydrogen) atoms. The number of nitrogens with two attached hydrogens (primary N) is 1. The van der Waals surface area contributed by atoms with Crippen molar-refractivity contribution in [2.75, 3.05) is 33.2 Å². The van der Waals surface area contributed by atoms with Gasteiger partial charge in [-0.1, -0.05) is 0 Å². The Balaban J connectivity index is 2.00. The first-order chi connectivity index (χ1) is 10.2. The molecular weight excluding hydrogens is 274 g/mol. The van der Waals surface area contributed by atoms with Crippen molar-refractivity contribution in [3.63, 3.8) is 0 Å². The molecule has 0 saturated carbocycles. The van der Waals surface area contributed by atoms with Crippen molar-refractivity contribution in [2.45, 2.75) is 25.4 Å². The van der Waals surface area contributed by atoms with E-state index in [0.29, 0.717) is 24.5 Å². The minimum atomic E-state index is -0.484. The largest absolute Gasteiger partial charge is 0.497 e. The first-order valence-electron chi connectivity index (χ1n) is 6.96. The molecule has 1 unspecified atom stereocenters. The standard InChI is InChI=1S/C15H21NO5/c1-18-11-8-12(14(16)13(9-11)19-2)15(17)21-7-5-10-4-3-6-20-10/h8-10H,3-7,16H2,1-2H3. The second-order valence-corrected chi connectivity index (χ2v) is 4.85. The Bertz CT molecular complexity index is 497. The third-order valence-electron chi connectivity index (χ3n) is 3.49. The summed E-state index contributed by atoms with van der Waals surface area (Å²) in [7, 11) is 3.00. The zero-order valence-electron chi connectivity index (χ0n) is 12.4. The summed E-state index contributed by atoms with van der Waals surface area (Å²) in [5.74, 6) is 0.398. The zero-order chi connectivity index (χ0) is 15.2. The van der Waals surface area contributed by atoms with Crippen LogP contribution in [0.4, 0.5) is 5.69 Å². The van der Waals surface area contributed by atoms with Crippen LogP contribution in [0.2, 0.25) is 0 Å². The summed E-state index contributed by atoms with van der Waals surface area (Å²) >= 11 is 0. The lowest BCUT2D eigenvalue weighted by molar-refractivity contribution is 0.0386. The highest BCUT2D eigenvalue weighted by atomic mass is 16.5. The van der Waals surface area contributed by atoms with Gasteiger partial charge in [-0.05, 0) is 18.9 Å². The molecule has 0 bridgehead atoms. The van der Waals surface area contributed by atoms with Gasteiger partial charge >= 0.3 is 5.97 Å². The highest BCUT2D eigenvalue weighted by molar-refractivity contribution is 5.97. The molecule has 0 radical (unpaired) electrons. The number of anilines is 1. The molecule has 1 aromatic rings. The number of methoxy groups -OCH3 is 2. The second kappa shape index (κ2) is 7.17. The zero-order valence-corrected chi connectivity index (χ0v) is 12.4. The van der Waals surface area contributed by atoms with Crippen LogP contribution >= 0.6 is 0 Å². The van der Waals surface area contributed by atoms with Crippen LogP contribution in [0.25, 0.3) is 0 Å². The van der Waals surface area contributed by atoms with E-state index in [1.807, 2.05) is 0 Å². The minimum Gasteiger partial charge on any atom is -0.497 e. The first kappa shape index (κ1) is 15.4. The average Bonchev–Trinajstić information content (AvgIpc) is 3.00. The normalized spacial score (nSPS) is 17.5. The summed E-state index contributed by atoms with van der Waals surface area (Å²) in [4.78, 5) is 12.1. The predicted octanol–water partition coefficient (Wildman–Crippen LogP) is 2.01. The van der Waals surface area contributed by atoms with Gasteiger partial charge in [-0.3, -0.25) is 0 Å². The van der Waals surface area contributed by atoms with Crippen LogP contribution in [0.15, 0.2) is 12.1 Å². The number of carbonyl (C=O) groups excluding carboxylic acids is 1. The van der Waals surface area contributed by atoms with Gasteiger partial charge in [0.05, 0.1) is 38.2 Å². The SMILES string of the molecule is COc1cc(OC)c(N)c(C(=O)OCCC2CCCO2)c1. The Labute approximate surface area is 124 Å². The maximum absolute atomic E-state index is 12.1. The summed E-state index contributed by atoms with van der Waals surface area (Å²) < 4.78 is 21.0. The van der Waals surface area contributed by atoms with Crippen molar-refractivity contribution >= 4 is 11.7 Å². The number of ether oxygens (including phenoxy) is 4. The van der Waals surface area contributed by atoms with Crippen molar-refractivity contribution in [2.24, 2.45) is 0 Å². The number of esters is 1. The van der Waals surface area contributed by atoms with Crippen LogP contribution < -0.4 is 15.2 Å². The number of nitrogen functional groups attached to an aromatic ring is 1. The third kappa shape index (κ3) is 3.78. The molecule has 0 spiro atoms. The topological polar surface area (TPSA) is 80.0 Å². The molecule has 116 valence electrons. The molecule has 2 N–H and O–H groups in total. The van der Waals surface area contributed by atoms with Crippen LogP contribution in [0, 0.1) is 0 Å². The number of carbonyl (C=O) groups is 1. The first-order valence-corrected chi connectivity index (χ1v) is 6.96. The van der Waals surface area contributed by atoms with Crippen LogP contribution in [-0.2, 0) is 9.47 Å². The minimum absolute atomic E-state index is 0.190. The maximum Gasteiger partial charge on any atom is 0.340 e. The quantitative estimate of drug-likeness (QED) is 0.639. The Kier molecular flexibility index (Phi) is 5.27. The lowest BCUT2D eigenvalue weighted by Crippen LogP contribution is -2.14. The Morgan fingerprint density at radius 3 is 2.81 bits per heavy atom. The molecule has 1 aromatic carbocycles. The van der Waals surface area contributed by atoms with Crippen molar-refractivity contribution < 1.29 is 23.7 Å². The smallest absolute Gasteiger partial charge is 0.340 e. The van der Waals surface area contributed by atoms with Gasteiger partial charge in [-0.25, -0.2) is 4.79 Å². The van der Waals surface area contributed by atoms with E-state index in [9.17, 15) is 4.79 Å². The van der Waals surface area contributed by atoms with Gasteiger partial charge in [0, 0.05) is 19.1 Å². The molecule has 1 fully saturated rings. The summed E-state index contributed by atoms with van der Waals surface area (Å²) in [5, 5.41) is 0. The lowest BCUT2D eigenvalue weighted by atomic mass is 10.1. The van der Waals surface area contributed by atoms with Crippen molar-refractivity contribution in [1.82, 2.24) is 0 Å². The van der Waals surface area contributed by atoms with Gasteiger partial charge in [-0.2, -0.15) is 0 Å². The van der Waals surface area contributed by atoms with Crippen molar-refractivity contribution in [1.29, 1.82) is 0 Å². The predicted molar refractivity (Wildman–Crippen MR) is 77.8 cm³/mol. The molecule has 6 heteroatoms. The molecular formula is C15H21NO5. The molecule has 0 amide bonds. The van der Waals surface area contributed by atoms with Crippen molar-refractivity contribution in [3.8, 4) is 11.5 Å². The third-order valence-corrected chi connectivity index (χ3v) is 3.49. The number of hydrogen-bond donors (Lipinski definition) is 1. The molecule has 1 atom stereocenters. The van der Waals surface area contributed by atoms with Crippen molar-refractivity contribution in [3.05, 3.63) is 17.7 Å². The molecule has 2 rings (SSSR count). The van der Waals surface area contributed by atoms with Crippen LogP contribution in [0.3, 0.4) is 0 Å². The molecule has 0 aliphatic carbocycles. The second-order valence-electron chi connectivity index (χ2n) is 4.85. The van der Waals surface area contributed by atoms with Crippen LogP contribution in [0.1, 0.15) is 29.6 Å². The van der Waals surface area contributed by atoms with Gasteiger partial charge in [-0.15, -0.1) is 0 Å². The van der Waals surface area contributed by atoms with E-state index in [1.54, 1.807) is 12.1 Å². The van der Waals surface area contributed by atoms with E-state index in [4.69, 9.17) is 24.7 Å². The fourth-order valence-electron chi connectivity index (χ4n) is 2.29. The van der Waals surface area contributed by atoms with E-state index in [1.165, 1.54) is 14.2 Å². The molecule has 1 aliphatic heterocycles. The number of benzene rings is 1. The number of hydrogen-bond acceptors (Lipinski definition) is 6. The number of rotatable bonds is 6. The fraction of sp³-hybridized carbons (Fsp3) is 0.533.